The van der Waals surface area contributed by atoms with E-state index in [1.54, 1.807) is 0 Å². The zero-order valence-electron chi connectivity index (χ0n) is 12.7. The van der Waals surface area contributed by atoms with Crippen molar-refractivity contribution in [3.63, 3.8) is 0 Å². The first-order valence-electron chi connectivity index (χ1n) is 7.86. The maximum Gasteiger partial charge on any atom is 0.259 e. The van der Waals surface area contributed by atoms with Gasteiger partial charge in [-0.05, 0) is 35.7 Å². The van der Waals surface area contributed by atoms with Crippen LogP contribution in [0.1, 0.15) is 27.5 Å². The average Bonchev–Trinajstić information content (AvgIpc) is 2.63. The number of hydrogen-bond donors (Lipinski definition) is 0. The molecule has 0 bridgehead atoms. The molecule has 1 unspecified atom stereocenters. The minimum atomic E-state index is 0.0287. The molecule has 1 amide bonds. The van der Waals surface area contributed by atoms with Gasteiger partial charge in [0.2, 0.25) is 0 Å². The van der Waals surface area contributed by atoms with Gasteiger partial charge in [0.1, 0.15) is 0 Å². The Labute approximate surface area is 136 Å². The Hall–Kier alpha value is -2.87. The van der Waals surface area contributed by atoms with E-state index in [1.165, 1.54) is 5.56 Å². The lowest BCUT2D eigenvalue weighted by molar-refractivity contribution is 0.0967. The average molecular weight is 299 g/mol. The van der Waals surface area contributed by atoms with E-state index in [2.05, 4.69) is 18.2 Å². The third kappa shape index (κ3) is 2.42. The summed E-state index contributed by atoms with van der Waals surface area (Å²) >= 11 is 0. The van der Waals surface area contributed by atoms with Gasteiger partial charge in [-0.25, -0.2) is 0 Å². The van der Waals surface area contributed by atoms with Gasteiger partial charge in [-0.2, -0.15) is 0 Å². The van der Waals surface area contributed by atoms with Gasteiger partial charge in [0.15, 0.2) is 0 Å². The molecular formula is C21H17NO. The molecule has 0 radical (unpaired) electrons. The van der Waals surface area contributed by atoms with E-state index in [0.717, 1.165) is 23.2 Å². The maximum atomic E-state index is 13.1. The number of carbonyl (C=O) groups is 1. The molecule has 3 aromatic rings. The molecule has 0 aromatic heterocycles. The van der Waals surface area contributed by atoms with Crippen molar-refractivity contribution in [2.24, 2.45) is 0 Å². The van der Waals surface area contributed by atoms with Crippen molar-refractivity contribution in [1.29, 1.82) is 0 Å². The minimum absolute atomic E-state index is 0.0287. The summed E-state index contributed by atoms with van der Waals surface area (Å²) in [7, 11) is 0. The van der Waals surface area contributed by atoms with Crippen molar-refractivity contribution in [2.45, 2.75) is 12.5 Å². The van der Waals surface area contributed by atoms with Crippen molar-refractivity contribution < 1.29 is 4.79 Å². The van der Waals surface area contributed by atoms with Crippen LogP contribution in [0.4, 0.5) is 5.69 Å². The molecule has 1 atom stereocenters. The molecule has 0 aliphatic carbocycles. The highest BCUT2D eigenvalue weighted by Crippen LogP contribution is 2.36. The minimum Gasteiger partial charge on any atom is -0.301 e. The Morgan fingerprint density at radius 3 is 2.09 bits per heavy atom. The van der Waals surface area contributed by atoms with E-state index in [4.69, 9.17) is 0 Å². The smallest absolute Gasteiger partial charge is 0.259 e. The van der Waals surface area contributed by atoms with Crippen LogP contribution in [0.25, 0.3) is 0 Å². The lowest BCUT2D eigenvalue weighted by Gasteiger charge is -2.37. The molecule has 1 heterocycles. The van der Waals surface area contributed by atoms with Crippen LogP contribution in [-0.2, 0) is 6.42 Å². The fraction of sp³-hybridized carbons (Fsp3) is 0.0952. The monoisotopic (exact) mass is 299 g/mol. The summed E-state index contributed by atoms with van der Waals surface area (Å²) in [6, 6.07) is 28.2. The summed E-state index contributed by atoms with van der Waals surface area (Å²) in [4.78, 5) is 15.1. The second kappa shape index (κ2) is 5.73. The van der Waals surface area contributed by atoms with Crippen LogP contribution in [0.5, 0.6) is 0 Å². The molecule has 2 heteroatoms. The summed E-state index contributed by atoms with van der Waals surface area (Å²) in [6.07, 6.45) is 0.834. The number of nitrogens with zero attached hydrogens (tertiary/aromatic N) is 1. The molecule has 0 spiro atoms. The molecule has 1 aliphatic heterocycles. The van der Waals surface area contributed by atoms with Crippen LogP contribution in [0.2, 0.25) is 0 Å². The van der Waals surface area contributed by atoms with Crippen molar-refractivity contribution in [3.8, 4) is 0 Å². The van der Waals surface area contributed by atoms with E-state index >= 15 is 0 Å². The van der Waals surface area contributed by atoms with Crippen LogP contribution in [0, 0.1) is 0 Å². The molecule has 3 aromatic carbocycles. The zero-order valence-corrected chi connectivity index (χ0v) is 12.7. The van der Waals surface area contributed by atoms with Gasteiger partial charge >= 0.3 is 0 Å². The number of fused-ring (bicyclic) bond motifs is 1. The van der Waals surface area contributed by atoms with E-state index < -0.39 is 0 Å². The summed E-state index contributed by atoms with van der Waals surface area (Å²) < 4.78 is 0. The Kier molecular flexibility index (Phi) is 3.43. The number of para-hydroxylation sites is 1. The first kappa shape index (κ1) is 13.8. The molecular weight excluding hydrogens is 282 g/mol. The predicted octanol–water partition coefficient (Wildman–Crippen LogP) is 4.63. The summed E-state index contributed by atoms with van der Waals surface area (Å²) in [5.74, 6) is 0.0758. The van der Waals surface area contributed by atoms with Gasteiger partial charge in [0.25, 0.3) is 5.91 Å². The van der Waals surface area contributed by atoms with E-state index in [9.17, 15) is 4.79 Å². The second-order valence-corrected chi connectivity index (χ2v) is 5.80. The number of amides is 1. The molecule has 0 saturated carbocycles. The maximum absolute atomic E-state index is 13.1. The van der Waals surface area contributed by atoms with E-state index in [-0.39, 0.29) is 11.9 Å². The number of rotatable bonds is 2. The lowest BCUT2D eigenvalue weighted by atomic mass is 9.89. The van der Waals surface area contributed by atoms with Gasteiger partial charge in [-0.3, -0.25) is 4.79 Å². The Morgan fingerprint density at radius 2 is 1.35 bits per heavy atom. The van der Waals surface area contributed by atoms with E-state index in [0.29, 0.717) is 0 Å². The molecule has 2 nitrogen and oxygen atoms in total. The van der Waals surface area contributed by atoms with E-state index in [1.807, 2.05) is 71.6 Å². The second-order valence-electron chi connectivity index (χ2n) is 5.80. The number of carbonyl (C=O) groups excluding carboxylic acids is 1. The first-order valence-corrected chi connectivity index (χ1v) is 7.86. The summed E-state index contributed by atoms with van der Waals surface area (Å²) in [5.41, 5.74) is 4.04. The van der Waals surface area contributed by atoms with Crippen molar-refractivity contribution >= 4 is 11.6 Å². The number of benzene rings is 3. The third-order valence-electron chi connectivity index (χ3n) is 4.41. The third-order valence-corrected chi connectivity index (χ3v) is 4.41. The summed E-state index contributed by atoms with van der Waals surface area (Å²) in [5, 5.41) is 0. The fourth-order valence-corrected chi connectivity index (χ4v) is 3.31. The number of hydrogen-bond acceptors (Lipinski definition) is 1. The van der Waals surface area contributed by atoms with Gasteiger partial charge in [-0.15, -0.1) is 0 Å². The molecule has 1 aliphatic rings. The highest BCUT2D eigenvalue weighted by atomic mass is 16.2. The SMILES string of the molecule is O=C1c2ccccc2CC(c2ccccc2)N1c1ccccc1. The van der Waals surface area contributed by atoms with Crippen LogP contribution in [0.3, 0.4) is 0 Å². The predicted molar refractivity (Wildman–Crippen MR) is 92.6 cm³/mol. The molecule has 0 fully saturated rings. The van der Waals surface area contributed by atoms with Crippen LogP contribution >= 0.6 is 0 Å². The standard InChI is InChI=1S/C21H17NO/c23-21-19-14-8-7-11-17(19)15-20(16-9-3-1-4-10-16)22(21)18-12-5-2-6-13-18/h1-14,20H,15H2. The number of anilines is 1. The largest absolute Gasteiger partial charge is 0.301 e. The molecule has 112 valence electrons. The van der Waals surface area contributed by atoms with Crippen molar-refractivity contribution in [3.05, 3.63) is 102 Å². The zero-order chi connectivity index (χ0) is 15.6. The lowest BCUT2D eigenvalue weighted by Crippen LogP contribution is -2.40. The highest BCUT2D eigenvalue weighted by molar-refractivity contribution is 6.08. The first-order chi connectivity index (χ1) is 11.3. The topological polar surface area (TPSA) is 20.3 Å². The summed E-state index contributed by atoms with van der Waals surface area (Å²) in [6.45, 7) is 0. The van der Waals surface area contributed by atoms with Crippen molar-refractivity contribution in [2.75, 3.05) is 4.90 Å². The highest BCUT2D eigenvalue weighted by Gasteiger charge is 2.33. The van der Waals surface area contributed by atoms with Crippen LogP contribution in [-0.4, -0.2) is 5.91 Å². The van der Waals surface area contributed by atoms with Gasteiger partial charge < -0.3 is 4.90 Å². The Bertz CT molecular complexity index is 827. The van der Waals surface area contributed by atoms with Gasteiger partial charge in [0.05, 0.1) is 6.04 Å². The quantitative estimate of drug-likeness (QED) is 0.675. The van der Waals surface area contributed by atoms with Gasteiger partial charge in [0, 0.05) is 11.3 Å². The fourth-order valence-electron chi connectivity index (χ4n) is 3.31. The molecule has 23 heavy (non-hydrogen) atoms. The van der Waals surface area contributed by atoms with Crippen LogP contribution < -0.4 is 4.90 Å². The van der Waals surface area contributed by atoms with Crippen LogP contribution in [0.15, 0.2) is 84.9 Å². The van der Waals surface area contributed by atoms with Gasteiger partial charge in [-0.1, -0.05) is 66.7 Å². The molecule has 4 rings (SSSR count). The normalized spacial score (nSPS) is 17.0. The Morgan fingerprint density at radius 1 is 0.739 bits per heavy atom. The Balaban J connectivity index is 1.87. The van der Waals surface area contributed by atoms with Crippen molar-refractivity contribution in [1.82, 2.24) is 0 Å². The molecule has 0 N–H and O–H groups in total. The molecule has 0 saturated heterocycles.